The van der Waals surface area contributed by atoms with Crippen LogP contribution >= 0.6 is 0 Å². The molecular formula is C38H26N2O. The fraction of sp³-hybridized carbons (Fsp3) is 0.0526. The molecule has 41 heavy (non-hydrogen) atoms. The van der Waals surface area contributed by atoms with Crippen LogP contribution in [0.5, 0.6) is 11.5 Å². The van der Waals surface area contributed by atoms with Gasteiger partial charge in [-0.2, -0.15) is 0 Å². The minimum Gasteiger partial charge on any atom is -0.453 e. The molecule has 0 amide bonds. The molecule has 0 bridgehead atoms. The van der Waals surface area contributed by atoms with E-state index in [0.29, 0.717) is 0 Å². The van der Waals surface area contributed by atoms with Gasteiger partial charge in [-0.15, -0.1) is 0 Å². The van der Waals surface area contributed by atoms with Gasteiger partial charge >= 0.3 is 0 Å². The molecule has 8 aromatic rings. The van der Waals surface area contributed by atoms with Crippen molar-refractivity contribution in [3.63, 3.8) is 0 Å². The molecule has 0 N–H and O–H groups in total. The predicted octanol–water partition coefficient (Wildman–Crippen LogP) is 10.3. The van der Waals surface area contributed by atoms with E-state index in [4.69, 9.17) is 4.74 Å². The average molecular weight is 527 g/mol. The lowest BCUT2D eigenvalue weighted by molar-refractivity contribution is 0.477. The normalized spacial score (nSPS) is 12.3. The van der Waals surface area contributed by atoms with Gasteiger partial charge in [-0.05, 0) is 74.0 Å². The second-order valence-corrected chi connectivity index (χ2v) is 11.2. The molecular weight excluding hydrogens is 500 g/mol. The second-order valence-electron chi connectivity index (χ2n) is 11.2. The number of aromatic nitrogens is 2. The maximum atomic E-state index is 6.51. The summed E-state index contributed by atoms with van der Waals surface area (Å²) in [6.07, 6.45) is 0. The summed E-state index contributed by atoms with van der Waals surface area (Å²) in [4.78, 5) is 0. The van der Waals surface area contributed by atoms with Crippen LogP contribution in [0.3, 0.4) is 0 Å². The molecule has 2 aromatic heterocycles. The largest absolute Gasteiger partial charge is 0.453 e. The number of para-hydroxylation sites is 3. The molecule has 1 aliphatic rings. The van der Waals surface area contributed by atoms with E-state index in [1.807, 2.05) is 0 Å². The third kappa shape index (κ3) is 3.09. The van der Waals surface area contributed by atoms with Crippen LogP contribution in [0.4, 0.5) is 0 Å². The Morgan fingerprint density at radius 2 is 1.12 bits per heavy atom. The smallest absolute Gasteiger partial charge is 0.152 e. The van der Waals surface area contributed by atoms with Gasteiger partial charge in [0.2, 0.25) is 0 Å². The standard InChI is InChI=1S/C38H26N2O/c1-23-13-19-33-30(21-23)31-22-24(2)14-20-34(31)39(33)26-17-15-25(16-18-26)27-8-5-11-35-37(27)40-32-10-4-3-7-28(32)29-9-6-12-36(41-35)38(29)40/h3-22H,1-2H3. The number of nitrogens with zero attached hydrogens (tertiary/aromatic N) is 2. The molecule has 194 valence electrons. The molecule has 0 radical (unpaired) electrons. The maximum absolute atomic E-state index is 6.51. The molecule has 0 aliphatic carbocycles. The third-order valence-corrected chi connectivity index (χ3v) is 8.61. The molecule has 0 saturated heterocycles. The fourth-order valence-electron chi connectivity index (χ4n) is 6.81. The van der Waals surface area contributed by atoms with Crippen LogP contribution in [0.15, 0.2) is 121 Å². The number of ether oxygens (including phenoxy) is 1. The summed E-state index contributed by atoms with van der Waals surface area (Å²) in [6.45, 7) is 4.33. The molecule has 3 heterocycles. The Morgan fingerprint density at radius 1 is 0.488 bits per heavy atom. The van der Waals surface area contributed by atoms with Gasteiger partial charge < -0.3 is 13.9 Å². The minimum absolute atomic E-state index is 0.876. The van der Waals surface area contributed by atoms with Crippen molar-refractivity contribution >= 4 is 43.6 Å². The van der Waals surface area contributed by atoms with Gasteiger partial charge in [-0.1, -0.05) is 77.9 Å². The van der Waals surface area contributed by atoms with Crippen molar-refractivity contribution in [2.75, 3.05) is 0 Å². The highest BCUT2D eigenvalue weighted by Gasteiger charge is 2.26. The van der Waals surface area contributed by atoms with E-state index in [0.717, 1.165) is 39.5 Å². The lowest BCUT2D eigenvalue weighted by atomic mass is 10.0. The zero-order chi connectivity index (χ0) is 27.2. The van der Waals surface area contributed by atoms with E-state index in [9.17, 15) is 0 Å². The van der Waals surface area contributed by atoms with Crippen LogP contribution in [-0.4, -0.2) is 9.13 Å². The molecule has 1 aliphatic heterocycles. The van der Waals surface area contributed by atoms with Crippen molar-refractivity contribution in [2.45, 2.75) is 13.8 Å². The van der Waals surface area contributed by atoms with Crippen LogP contribution in [0.25, 0.3) is 66.1 Å². The molecule has 3 heteroatoms. The van der Waals surface area contributed by atoms with Gasteiger partial charge in [0.05, 0.1) is 27.8 Å². The van der Waals surface area contributed by atoms with E-state index < -0.39 is 0 Å². The van der Waals surface area contributed by atoms with Crippen LogP contribution in [0.1, 0.15) is 11.1 Å². The van der Waals surface area contributed by atoms with Crippen molar-refractivity contribution in [1.82, 2.24) is 9.13 Å². The number of rotatable bonds is 2. The first-order valence-corrected chi connectivity index (χ1v) is 14.1. The van der Waals surface area contributed by atoms with Crippen LogP contribution in [0.2, 0.25) is 0 Å². The molecule has 0 saturated carbocycles. The molecule has 0 fully saturated rings. The highest BCUT2D eigenvalue weighted by molar-refractivity contribution is 6.13. The van der Waals surface area contributed by atoms with Gasteiger partial charge in [-0.3, -0.25) is 0 Å². The van der Waals surface area contributed by atoms with E-state index in [1.165, 1.54) is 49.2 Å². The SMILES string of the molecule is Cc1ccc2c(c1)c1cc(C)ccc1n2-c1ccc(-c2cccc3c2-n2c4ccccc4c4cccc(c42)O3)cc1. The van der Waals surface area contributed by atoms with Crippen molar-refractivity contribution in [3.05, 3.63) is 132 Å². The van der Waals surface area contributed by atoms with Gasteiger partial charge in [0.25, 0.3) is 0 Å². The highest BCUT2D eigenvalue weighted by Crippen LogP contribution is 2.48. The van der Waals surface area contributed by atoms with E-state index in [1.54, 1.807) is 0 Å². The zero-order valence-electron chi connectivity index (χ0n) is 22.8. The van der Waals surface area contributed by atoms with Crippen molar-refractivity contribution in [3.8, 4) is 34.0 Å². The highest BCUT2D eigenvalue weighted by atomic mass is 16.5. The Balaban J connectivity index is 1.26. The monoisotopic (exact) mass is 526 g/mol. The fourth-order valence-corrected chi connectivity index (χ4v) is 6.81. The summed E-state index contributed by atoms with van der Waals surface area (Å²) in [6, 6.07) is 43.8. The quantitative estimate of drug-likeness (QED) is 0.219. The number of hydrogen-bond donors (Lipinski definition) is 0. The van der Waals surface area contributed by atoms with Crippen molar-refractivity contribution < 1.29 is 4.74 Å². The second kappa shape index (κ2) is 8.12. The first kappa shape index (κ1) is 22.5. The summed E-state index contributed by atoms with van der Waals surface area (Å²) in [5.41, 5.74) is 11.9. The molecule has 0 unspecified atom stereocenters. The van der Waals surface area contributed by atoms with Gasteiger partial charge in [0, 0.05) is 32.8 Å². The lowest BCUT2D eigenvalue weighted by Gasteiger charge is -2.23. The van der Waals surface area contributed by atoms with Crippen molar-refractivity contribution in [1.29, 1.82) is 0 Å². The number of benzene rings is 6. The van der Waals surface area contributed by atoms with E-state index in [-0.39, 0.29) is 0 Å². The van der Waals surface area contributed by atoms with Crippen LogP contribution in [-0.2, 0) is 0 Å². The summed E-state index contributed by atoms with van der Waals surface area (Å²) >= 11 is 0. The summed E-state index contributed by atoms with van der Waals surface area (Å²) in [5.74, 6) is 1.77. The van der Waals surface area contributed by atoms with Crippen LogP contribution in [0, 0.1) is 13.8 Å². The number of fused-ring (bicyclic) bond motifs is 8. The van der Waals surface area contributed by atoms with Crippen LogP contribution < -0.4 is 4.74 Å². The van der Waals surface area contributed by atoms with Gasteiger partial charge in [0.15, 0.2) is 11.5 Å². The first-order valence-electron chi connectivity index (χ1n) is 14.1. The Kier molecular flexibility index (Phi) is 4.46. The molecule has 9 rings (SSSR count). The van der Waals surface area contributed by atoms with E-state index >= 15 is 0 Å². The molecule has 6 aromatic carbocycles. The predicted molar refractivity (Wildman–Crippen MR) is 170 cm³/mol. The lowest BCUT2D eigenvalue weighted by Crippen LogP contribution is -2.06. The first-order chi connectivity index (χ1) is 20.2. The Morgan fingerprint density at radius 3 is 1.88 bits per heavy atom. The van der Waals surface area contributed by atoms with E-state index in [2.05, 4.69) is 144 Å². The van der Waals surface area contributed by atoms with Crippen molar-refractivity contribution in [2.24, 2.45) is 0 Å². The number of aryl methyl sites for hydroxylation is 2. The topological polar surface area (TPSA) is 19.1 Å². The molecule has 3 nitrogen and oxygen atoms in total. The number of hydrogen-bond acceptors (Lipinski definition) is 1. The Hall–Kier alpha value is -5.28. The summed E-state index contributed by atoms with van der Waals surface area (Å²) in [5, 5.41) is 5.04. The van der Waals surface area contributed by atoms with Gasteiger partial charge in [-0.25, -0.2) is 0 Å². The third-order valence-electron chi connectivity index (χ3n) is 8.61. The Labute approximate surface area is 237 Å². The summed E-state index contributed by atoms with van der Waals surface area (Å²) < 4.78 is 11.3. The van der Waals surface area contributed by atoms with Gasteiger partial charge in [0.1, 0.15) is 0 Å². The summed E-state index contributed by atoms with van der Waals surface area (Å²) in [7, 11) is 0. The maximum Gasteiger partial charge on any atom is 0.152 e. The zero-order valence-corrected chi connectivity index (χ0v) is 22.8. The molecule has 0 atom stereocenters. The Bertz CT molecular complexity index is 2290. The minimum atomic E-state index is 0.876. The average Bonchev–Trinajstić information content (AvgIpc) is 3.51. The molecule has 0 spiro atoms.